The summed E-state index contributed by atoms with van der Waals surface area (Å²) in [6, 6.07) is 0.351. The Balaban J connectivity index is 0.00000121. The summed E-state index contributed by atoms with van der Waals surface area (Å²) >= 11 is 0. The van der Waals surface area contributed by atoms with Gasteiger partial charge in [-0.15, -0.1) is 0 Å². The molecule has 1 aliphatic heterocycles. The van der Waals surface area contributed by atoms with Crippen LogP contribution < -0.4 is 5.32 Å². The Kier molecular flexibility index (Phi) is 8.23. The van der Waals surface area contributed by atoms with Crippen LogP contribution in [0.1, 0.15) is 47.5 Å². The maximum atomic E-state index is 11.3. The fraction of sp³-hybridized carbons (Fsp3) is 0.929. The normalized spacial score (nSPS) is 25.1. The molecular weight excluding hydrogens is 212 g/mol. The fourth-order valence-corrected chi connectivity index (χ4v) is 2.28. The molecule has 0 bridgehead atoms. The van der Waals surface area contributed by atoms with E-state index in [-0.39, 0.29) is 5.91 Å². The minimum absolute atomic E-state index is 0.179. The number of hydrogen-bond donors (Lipinski definition) is 1. The molecule has 1 saturated heterocycles. The van der Waals surface area contributed by atoms with Gasteiger partial charge in [0.2, 0.25) is 5.91 Å². The molecule has 2 unspecified atom stereocenters. The monoisotopic (exact) mass is 242 g/mol. The Hall–Kier alpha value is -0.570. The SMILES string of the molecule is CC.CCC(=O)NC1CC(C(C)C)CN(C)C1. The second kappa shape index (κ2) is 8.51. The number of piperidine rings is 1. The number of carbonyl (C=O) groups is 1. The predicted octanol–water partition coefficient (Wildman–Crippen LogP) is 2.52. The third kappa shape index (κ3) is 6.06. The molecule has 0 saturated carbocycles. The topological polar surface area (TPSA) is 32.3 Å². The number of likely N-dealkylation sites (tertiary alicyclic amines) is 1. The van der Waals surface area contributed by atoms with E-state index in [0.29, 0.717) is 24.3 Å². The lowest BCUT2D eigenvalue weighted by molar-refractivity contribution is -0.122. The maximum absolute atomic E-state index is 11.3. The van der Waals surface area contributed by atoms with Crippen LogP contribution >= 0.6 is 0 Å². The molecule has 0 aromatic carbocycles. The van der Waals surface area contributed by atoms with E-state index in [4.69, 9.17) is 0 Å². The summed E-state index contributed by atoms with van der Waals surface area (Å²) in [5, 5.41) is 3.10. The van der Waals surface area contributed by atoms with E-state index in [9.17, 15) is 4.79 Å². The van der Waals surface area contributed by atoms with E-state index < -0.39 is 0 Å². The predicted molar refractivity (Wildman–Crippen MR) is 74.0 cm³/mol. The van der Waals surface area contributed by atoms with E-state index in [1.165, 1.54) is 0 Å². The van der Waals surface area contributed by atoms with Crippen molar-refractivity contribution in [3.8, 4) is 0 Å². The molecule has 0 radical (unpaired) electrons. The van der Waals surface area contributed by atoms with Gasteiger partial charge >= 0.3 is 0 Å². The van der Waals surface area contributed by atoms with Gasteiger partial charge in [0.15, 0.2) is 0 Å². The van der Waals surface area contributed by atoms with Crippen LogP contribution in [0.25, 0.3) is 0 Å². The van der Waals surface area contributed by atoms with Gasteiger partial charge in [-0.05, 0) is 25.3 Å². The highest BCUT2D eigenvalue weighted by Gasteiger charge is 2.27. The van der Waals surface area contributed by atoms with Gasteiger partial charge in [0.05, 0.1) is 0 Å². The first-order chi connectivity index (χ1) is 8.02. The molecule has 1 N–H and O–H groups in total. The molecule has 3 nitrogen and oxygen atoms in total. The third-order valence-corrected chi connectivity index (χ3v) is 3.29. The first kappa shape index (κ1) is 16.4. The summed E-state index contributed by atoms with van der Waals surface area (Å²) < 4.78 is 0. The van der Waals surface area contributed by atoms with Crippen molar-refractivity contribution in [2.24, 2.45) is 11.8 Å². The lowest BCUT2D eigenvalue weighted by atomic mass is 9.86. The van der Waals surface area contributed by atoms with Crippen LogP contribution in [-0.2, 0) is 4.79 Å². The van der Waals surface area contributed by atoms with Crippen molar-refractivity contribution in [2.75, 3.05) is 20.1 Å². The van der Waals surface area contributed by atoms with Gasteiger partial charge in [-0.3, -0.25) is 4.79 Å². The van der Waals surface area contributed by atoms with Gasteiger partial charge in [-0.25, -0.2) is 0 Å². The molecule has 1 fully saturated rings. The van der Waals surface area contributed by atoms with Crippen LogP contribution in [0, 0.1) is 11.8 Å². The molecule has 0 aliphatic carbocycles. The van der Waals surface area contributed by atoms with Gasteiger partial charge < -0.3 is 10.2 Å². The molecule has 0 aromatic rings. The lowest BCUT2D eigenvalue weighted by Crippen LogP contribution is -2.50. The molecule has 0 aromatic heterocycles. The van der Waals surface area contributed by atoms with Gasteiger partial charge in [0.1, 0.15) is 0 Å². The molecule has 3 heteroatoms. The summed E-state index contributed by atoms with van der Waals surface area (Å²) in [5.74, 6) is 1.59. The molecule has 0 spiro atoms. The summed E-state index contributed by atoms with van der Waals surface area (Å²) in [7, 11) is 2.14. The highest BCUT2D eigenvalue weighted by atomic mass is 16.1. The number of nitrogens with zero attached hydrogens (tertiary/aromatic N) is 1. The van der Waals surface area contributed by atoms with Crippen LogP contribution in [0.4, 0.5) is 0 Å². The Morgan fingerprint density at radius 1 is 1.35 bits per heavy atom. The zero-order chi connectivity index (χ0) is 13.4. The lowest BCUT2D eigenvalue weighted by Gasteiger charge is -2.37. The quantitative estimate of drug-likeness (QED) is 0.825. The molecular formula is C14H30N2O. The van der Waals surface area contributed by atoms with Crippen molar-refractivity contribution in [3.05, 3.63) is 0 Å². The van der Waals surface area contributed by atoms with E-state index in [0.717, 1.165) is 19.5 Å². The van der Waals surface area contributed by atoms with Crippen molar-refractivity contribution in [2.45, 2.75) is 53.5 Å². The van der Waals surface area contributed by atoms with Gasteiger partial charge in [-0.1, -0.05) is 34.6 Å². The van der Waals surface area contributed by atoms with E-state index in [1.54, 1.807) is 0 Å². The van der Waals surface area contributed by atoms with Crippen molar-refractivity contribution in [1.82, 2.24) is 10.2 Å². The largest absolute Gasteiger partial charge is 0.352 e. The average Bonchev–Trinajstić information content (AvgIpc) is 2.30. The zero-order valence-corrected chi connectivity index (χ0v) is 12.4. The van der Waals surface area contributed by atoms with Gasteiger partial charge in [0, 0.05) is 25.6 Å². The second-order valence-corrected chi connectivity index (χ2v) is 5.08. The van der Waals surface area contributed by atoms with Crippen LogP contribution in [0.3, 0.4) is 0 Å². The number of hydrogen-bond acceptors (Lipinski definition) is 2. The fourth-order valence-electron chi connectivity index (χ4n) is 2.28. The minimum Gasteiger partial charge on any atom is -0.352 e. The molecule has 1 rings (SSSR count). The molecule has 2 atom stereocenters. The van der Waals surface area contributed by atoms with E-state index >= 15 is 0 Å². The van der Waals surface area contributed by atoms with Crippen molar-refractivity contribution in [1.29, 1.82) is 0 Å². The first-order valence-corrected chi connectivity index (χ1v) is 7.00. The van der Waals surface area contributed by atoms with Crippen LogP contribution in [0.15, 0.2) is 0 Å². The highest BCUT2D eigenvalue weighted by Crippen LogP contribution is 2.22. The molecule has 1 aliphatic rings. The third-order valence-electron chi connectivity index (χ3n) is 3.29. The smallest absolute Gasteiger partial charge is 0.219 e. The number of nitrogens with one attached hydrogen (secondary N) is 1. The Morgan fingerprint density at radius 3 is 2.41 bits per heavy atom. The summed E-state index contributed by atoms with van der Waals surface area (Å²) in [6.07, 6.45) is 1.72. The standard InChI is InChI=1S/C12H24N2O.C2H6/c1-5-12(15)13-11-6-10(9(2)3)7-14(4)8-11;1-2/h9-11H,5-8H2,1-4H3,(H,13,15);1-2H3. The zero-order valence-electron chi connectivity index (χ0n) is 12.4. The first-order valence-electron chi connectivity index (χ1n) is 7.00. The molecule has 1 heterocycles. The number of carbonyl (C=O) groups excluding carboxylic acids is 1. The maximum Gasteiger partial charge on any atom is 0.219 e. The second-order valence-electron chi connectivity index (χ2n) is 5.08. The average molecular weight is 242 g/mol. The summed E-state index contributed by atoms with van der Waals surface area (Å²) in [5.41, 5.74) is 0. The Bertz CT molecular complexity index is 216. The van der Waals surface area contributed by atoms with E-state index in [2.05, 4.69) is 31.1 Å². The van der Waals surface area contributed by atoms with Gasteiger partial charge in [-0.2, -0.15) is 0 Å². The van der Waals surface area contributed by atoms with Crippen molar-refractivity contribution >= 4 is 5.91 Å². The van der Waals surface area contributed by atoms with Crippen LogP contribution in [-0.4, -0.2) is 37.0 Å². The van der Waals surface area contributed by atoms with Crippen LogP contribution in [0.5, 0.6) is 0 Å². The van der Waals surface area contributed by atoms with Crippen LogP contribution in [0.2, 0.25) is 0 Å². The van der Waals surface area contributed by atoms with E-state index in [1.807, 2.05) is 20.8 Å². The number of likely N-dealkylation sites (N-methyl/N-ethyl adjacent to an activating group) is 1. The van der Waals surface area contributed by atoms with Crippen molar-refractivity contribution < 1.29 is 4.79 Å². The molecule has 1 amide bonds. The number of rotatable bonds is 3. The summed E-state index contributed by atoms with van der Waals surface area (Å²) in [4.78, 5) is 13.7. The highest BCUT2D eigenvalue weighted by molar-refractivity contribution is 5.75. The minimum atomic E-state index is 0.179. The molecule has 17 heavy (non-hydrogen) atoms. The van der Waals surface area contributed by atoms with Crippen molar-refractivity contribution in [3.63, 3.8) is 0 Å². The van der Waals surface area contributed by atoms with Gasteiger partial charge in [0.25, 0.3) is 0 Å². The number of amides is 1. The Labute approximate surface area is 107 Å². The Morgan fingerprint density at radius 2 is 1.94 bits per heavy atom. The summed E-state index contributed by atoms with van der Waals surface area (Å²) in [6.45, 7) is 12.6. The molecule has 102 valence electrons.